The van der Waals surface area contributed by atoms with E-state index in [1.807, 2.05) is 0 Å². The number of carbonyl (C=O) groups is 3. The highest BCUT2D eigenvalue weighted by Crippen LogP contribution is 2.18. The SMILES string of the molecule is CCCCCCCCCCCCC(=O)O[C@@H](COC(=O)CCCCCCCCCCCCCCCCC(C)C)COC(=O)CCCCCCCCCCCCC(C)CC. The molecule has 0 rings (SSSR count). The quantitative estimate of drug-likeness (QED) is 0.0345. The molecule has 2 atom stereocenters. The molecule has 0 fully saturated rings. The summed E-state index contributed by atoms with van der Waals surface area (Å²) in [5.74, 6) is 0.866. The largest absolute Gasteiger partial charge is 0.462 e. The molecule has 0 aliphatic rings. The van der Waals surface area contributed by atoms with E-state index in [0.717, 1.165) is 69.6 Å². The third kappa shape index (κ3) is 45.8. The van der Waals surface area contributed by atoms with E-state index in [2.05, 4.69) is 34.6 Å². The Hall–Kier alpha value is -1.59. The molecule has 0 bridgehead atoms. The second-order valence-electron chi connectivity index (χ2n) is 18.9. The molecule has 0 N–H and O–H groups in total. The first-order chi connectivity index (χ1) is 28.8. The molecule has 0 spiro atoms. The van der Waals surface area contributed by atoms with Gasteiger partial charge in [0.05, 0.1) is 0 Å². The lowest BCUT2D eigenvalue weighted by Crippen LogP contribution is -2.30. The molecule has 6 nitrogen and oxygen atoms in total. The molecule has 0 aliphatic heterocycles. The van der Waals surface area contributed by atoms with E-state index in [4.69, 9.17) is 14.2 Å². The molecule has 0 radical (unpaired) electrons. The van der Waals surface area contributed by atoms with E-state index in [0.29, 0.717) is 19.3 Å². The Balaban J connectivity index is 4.26. The zero-order chi connectivity index (χ0) is 43.3. The molecule has 0 aromatic carbocycles. The molecule has 0 saturated carbocycles. The number of esters is 3. The van der Waals surface area contributed by atoms with Crippen molar-refractivity contribution in [1.82, 2.24) is 0 Å². The van der Waals surface area contributed by atoms with Crippen LogP contribution in [0.2, 0.25) is 0 Å². The summed E-state index contributed by atoms with van der Waals surface area (Å²) in [4.78, 5) is 37.9. The van der Waals surface area contributed by atoms with Crippen LogP contribution in [0.1, 0.15) is 291 Å². The lowest BCUT2D eigenvalue weighted by atomic mass is 9.99. The molecular formula is C53H102O6. The topological polar surface area (TPSA) is 78.9 Å². The first kappa shape index (κ1) is 57.4. The lowest BCUT2D eigenvalue weighted by Gasteiger charge is -2.18. The molecule has 0 aromatic rings. The van der Waals surface area contributed by atoms with Crippen molar-refractivity contribution in [2.24, 2.45) is 11.8 Å². The van der Waals surface area contributed by atoms with Crippen LogP contribution in [0.4, 0.5) is 0 Å². The van der Waals surface area contributed by atoms with Gasteiger partial charge >= 0.3 is 17.9 Å². The van der Waals surface area contributed by atoms with E-state index in [1.165, 1.54) is 180 Å². The average molecular weight is 835 g/mol. The molecule has 0 amide bonds. The van der Waals surface area contributed by atoms with E-state index >= 15 is 0 Å². The second-order valence-corrected chi connectivity index (χ2v) is 18.9. The number of carbonyl (C=O) groups excluding carboxylic acids is 3. The third-order valence-electron chi connectivity index (χ3n) is 12.3. The molecule has 0 heterocycles. The zero-order valence-corrected chi connectivity index (χ0v) is 40.4. The fourth-order valence-electron chi connectivity index (χ4n) is 7.96. The number of rotatable bonds is 47. The Morgan fingerprint density at radius 1 is 0.356 bits per heavy atom. The average Bonchev–Trinajstić information content (AvgIpc) is 3.22. The summed E-state index contributed by atoms with van der Waals surface area (Å²) >= 11 is 0. The van der Waals surface area contributed by atoms with Crippen LogP contribution in [0.5, 0.6) is 0 Å². The van der Waals surface area contributed by atoms with Crippen LogP contribution in [0.3, 0.4) is 0 Å². The molecular weight excluding hydrogens is 733 g/mol. The lowest BCUT2D eigenvalue weighted by molar-refractivity contribution is -0.167. The summed E-state index contributed by atoms with van der Waals surface area (Å²) in [6, 6.07) is 0. The molecule has 350 valence electrons. The van der Waals surface area contributed by atoms with Crippen molar-refractivity contribution < 1.29 is 28.6 Å². The minimum Gasteiger partial charge on any atom is -0.462 e. The second kappa shape index (κ2) is 45.9. The molecule has 0 aliphatic carbocycles. The van der Waals surface area contributed by atoms with Crippen molar-refractivity contribution in [3.8, 4) is 0 Å². The number of hydrogen-bond donors (Lipinski definition) is 0. The number of unbranched alkanes of at least 4 members (excludes halogenated alkanes) is 31. The van der Waals surface area contributed by atoms with Crippen molar-refractivity contribution in [3.05, 3.63) is 0 Å². The van der Waals surface area contributed by atoms with Gasteiger partial charge < -0.3 is 14.2 Å². The highest BCUT2D eigenvalue weighted by atomic mass is 16.6. The van der Waals surface area contributed by atoms with Crippen LogP contribution in [0, 0.1) is 11.8 Å². The summed E-state index contributed by atoms with van der Waals surface area (Å²) in [6.07, 6.45) is 46.5. The highest BCUT2D eigenvalue weighted by Gasteiger charge is 2.19. The predicted octanol–water partition coefficient (Wildman–Crippen LogP) is 16.9. The molecule has 59 heavy (non-hydrogen) atoms. The molecule has 1 unspecified atom stereocenters. The summed E-state index contributed by atoms with van der Waals surface area (Å²) < 4.78 is 16.8. The van der Waals surface area contributed by atoms with E-state index < -0.39 is 6.10 Å². The van der Waals surface area contributed by atoms with Crippen molar-refractivity contribution >= 4 is 17.9 Å². The van der Waals surface area contributed by atoms with E-state index in [-0.39, 0.29) is 31.1 Å². The van der Waals surface area contributed by atoms with Gasteiger partial charge in [-0.2, -0.15) is 0 Å². The van der Waals surface area contributed by atoms with Crippen LogP contribution in [0.15, 0.2) is 0 Å². The van der Waals surface area contributed by atoms with Gasteiger partial charge in [0.25, 0.3) is 0 Å². The van der Waals surface area contributed by atoms with E-state index in [1.54, 1.807) is 0 Å². The van der Waals surface area contributed by atoms with Crippen LogP contribution in [0.25, 0.3) is 0 Å². The van der Waals surface area contributed by atoms with Gasteiger partial charge in [0, 0.05) is 19.3 Å². The maximum atomic E-state index is 12.7. The van der Waals surface area contributed by atoms with Gasteiger partial charge in [-0.15, -0.1) is 0 Å². The van der Waals surface area contributed by atoms with Crippen LogP contribution >= 0.6 is 0 Å². The summed E-state index contributed by atoms with van der Waals surface area (Å²) in [5, 5.41) is 0. The van der Waals surface area contributed by atoms with Gasteiger partial charge in [-0.25, -0.2) is 0 Å². The van der Waals surface area contributed by atoms with Gasteiger partial charge in [-0.3, -0.25) is 14.4 Å². The summed E-state index contributed by atoms with van der Waals surface area (Å²) in [7, 11) is 0. The Morgan fingerprint density at radius 3 is 0.966 bits per heavy atom. The van der Waals surface area contributed by atoms with Gasteiger partial charge in [0.1, 0.15) is 13.2 Å². The van der Waals surface area contributed by atoms with Gasteiger partial charge in [0.2, 0.25) is 0 Å². The van der Waals surface area contributed by atoms with Crippen molar-refractivity contribution in [2.45, 2.75) is 298 Å². The molecule has 0 aromatic heterocycles. The molecule has 6 heteroatoms. The predicted molar refractivity (Wildman–Crippen MR) is 252 cm³/mol. The normalized spacial score (nSPS) is 12.5. The van der Waals surface area contributed by atoms with Crippen molar-refractivity contribution in [3.63, 3.8) is 0 Å². The first-order valence-corrected chi connectivity index (χ1v) is 26.3. The van der Waals surface area contributed by atoms with Crippen LogP contribution in [-0.4, -0.2) is 37.2 Å². The Bertz CT molecular complexity index is 902. The Labute approximate surface area is 368 Å². The molecule has 0 saturated heterocycles. The summed E-state index contributed by atoms with van der Waals surface area (Å²) in [5.41, 5.74) is 0. The fraction of sp³-hybridized carbons (Fsp3) is 0.943. The monoisotopic (exact) mass is 835 g/mol. The minimum absolute atomic E-state index is 0.0636. The van der Waals surface area contributed by atoms with Crippen LogP contribution in [-0.2, 0) is 28.6 Å². The first-order valence-electron chi connectivity index (χ1n) is 26.3. The van der Waals surface area contributed by atoms with Gasteiger partial charge in [0.15, 0.2) is 6.10 Å². The van der Waals surface area contributed by atoms with Crippen molar-refractivity contribution in [2.75, 3.05) is 13.2 Å². The standard InChI is InChI=1S/C53H102O6/c1-6-8-9-10-11-12-23-30-35-40-45-53(56)59-50(47-58-52(55)44-39-34-29-25-20-19-22-27-32-37-42-49(5)7-2)46-57-51(54)43-38-33-28-24-18-16-14-13-15-17-21-26-31-36-41-48(3)4/h48-50H,6-47H2,1-5H3/t49?,50-/m0/s1. The maximum Gasteiger partial charge on any atom is 0.306 e. The van der Waals surface area contributed by atoms with E-state index in [9.17, 15) is 14.4 Å². The van der Waals surface area contributed by atoms with Crippen LogP contribution < -0.4 is 0 Å². The number of ether oxygens (including phenoxy) is 3. The Morgan fingerprint density at radius 2 is 0.644 bits per heavy atom. The summed E-state index contributed by atoms with van der Waals surface area (Å²) in [6.45, 7) is 11.4. The maximum absolute atomic E-state index is 12.7. The highest BCUT2D eigenvalue weighted by molar-refractivity contribution is 5.71. The zero-order valence-electron chi connectivity index (χ0n) is 40.4. The van der Waals surface area contributed by atoms with Crippen molar-refractivity contribution in [1.29, 1.82) is 0 Å². The minimum atomic E-state index is -0.761. The third-order valence-corrected chi connectivity index (χ3v) is 12.3. The Kier molecular flexibility index (Phi) is 44.7. The number of hydrogen-bond acceptors (Lipinski definition) is 6. The van der Waals surface area contributed by atoms with Gasteiger partial charge in [-0.05, 0) is 31.1 Å². The smallest absolute Gasteiger partial charge is 0.306 e. The fourth-order valence-corrected chi connectivity index (χ4v) is 7.96. The van der Waals surface area contributed by atoms with Gasteiger partial charge in [-0.1, -0.05) is 253 Å².